The van der Waals surface area contributed by atoms with Crippen LogP contribution in [0.4, 0.5) is 0 Å². The number of carbonyl (C=O) groups is 1. The molecule has 108 valence electrons. The van der Waals surface area contributed by atoms with Crippen molar-refractivity contribution < 1.29 is 4.79 Å². The summed E-state index contributed by atoms with van der Waals surface area (Å²) < 4.78 is 1.67. The van der Waals surface area contributed by atoms with Gasteiger partial charge in [-0.05, 0) is 19.4 Å². The standard InChI is InChI=1S/C15H16N4OS/c1-3-18(9-12-7-5-4-6-8-12)14(20)13-10-19-15(16-13)21-11(2)17-19/h4-8,10H,3,9H2,1-2H3. The molecule has 0 unspecified atom stereocenters. The maximum atomic E-state index is 12.6. The minimum Gasteiger partial charge on any atom is -0.333 e. The first-order chi connectivity index (χ1) is 10.2. The Morgan fingerprint density at radius 1 is 1.33 bits per heavy atom. The second kappa shape index (κ2) is 5.65. The van der Waals surface area contributed by atoms with Gasteiger partial charge < -0.3 is 4.90 Å². The fourth-order valence-electron chi connectivity index (χ4n) is 2.20. The van der Waals surface area contributed by atoms with E-state index in [1.807, 2.05) is 44.2 Å². The van der Waals surface area contributed by atoms with E-state index in [2.05, 4.69) is 10.1 Å². The number of benzene rings is 1. The molecule has 0 saturated heterocycles. The van der Waals surface area contributed by atoms with Crippen molar-refractivity contribution in [1.29, 1.82) is 0 Å². The van der Waals surface area contributed by atoms with Gasteiger partial charge in [0.2, 0.25) is 4.96 Å². The van der Waals surface area contributed by atoms with Gasteiger partial charge >= 0.3 is 0 Å². The molecule has 5 nitrogen and oxygen atoms in total. The van der Waals surface area contributed by atoms with Crippen molar-refractivity contribution in [2.75, 3.05) is 6.54 Å². The van der Waals surface area contributed by atoms with Crippen LogP contribution < -0.4 is 0 Å². The van der Waals surface area contributed by atoms with Gasteiger partial charge in [-0.15, -0.1) is 0 Å². The third-order valence-electron chi connectivity index (χ3n) is 3.25. The molecule has 1 aromatic carbocycles. The Bertz CT molecular complexity index is 731. The molecule has 3 rings (SSSR count). The highest BCUT2D eigenvalue weighted by atomic mass is 32.1. The maximum absolute atomic E-state index is 12.6. The van der Waals surface area contributed by atoms with Crippen molar-refractivity contribution in [1.82, 2.24) is 19.5 Å². The summed E-state index contributed by atoms with van der Waals surface area (Å²) in [5.41, 5.74) is 1.56. The van der Waals surface area contributed by atoms with E-state index in [1.165, 1.54) is 11.3 Å². The lowest BCUT2D eigenvalue weighted by Crippen LogP contribution is -2.30. The molecule has 0 N–H and O–H groups in total. The number of hydrogen-bond donors (Lipinski definition) is 0. The molecule has 0 atom stereocenters. The van der Waals surface area contributed by atoms with E-state index in [1.54, 1.807) is 15.6 Å². The average molecular weight is 300 g/mol. The van der Waals surface area contributed by atoms with Crippen LogP contribution in [-0.2, 0) is 6.54 Å². The Labute approximate surface area is 126 Å². The monoisotopic (exact) mass is 300 g/mol. The van der Waals surface area contributed by atoms with Crippen LogP contribution in [-0.4, -0.2) is 31.9 Å². The van der Waals surface area contributed by atoms with Crippen LogP contribution in [0.3, 0.4) is 0 Å². The second-order valence-electron chi connectivity index (χ2n) is 4.78. The lowest BCUT2D eigenvalue weighted by molar-refractivity contribution is 0.0747. The Morgan fingerprint density at radius 3 is 2.76 bits per heavy atom. The predicted molar refractivity (Wildman–Crippen MR) is 82.5 cm³/mol. The van der Waals surface area contributed by atoms with Crippen LogP contribution in [0.25, 0.3) is 4.96 Å². The van der Waals surface area contributed by atoms with Crippen LogP contribution in [0.15, 0.2) is 36.5 Å². The molecule has 21 heavy (non-hydrogen) atoms. The van der Waals surface area contributed by atoms with Crippen LogP contribution in [0.1, 0.15) is 28.0 Å². The third kappa shape index (κ3) is 2.80. The number of aromatic nitrogens is 3. The van der Waals surface area contributed by atoms with Crippen LogP contribution >= 0.6 is 11.3 Å². The molecule has 1 amide bonds. The molecule has 2 aromatic heterocycles. The summed E-state index contributed by atoms with van der Waals surface area (Å²) in [6, 6.07) is 9.97. The third-order valence-corrected chi connectivity index (χ3v) is 4.09. The van der Waals surface area contributed by atoms with Gasteiger partial charge in [-0.1, -0.05) is 41.7 Å². The molecular weight excluding hydrogens is 284 g/mol. The molecule has 3 aromatic rings. The fourth-order valence-corrected chi connectivity index (χ4v) is 2.92. The molecule has 0 spiro atoms. The predicted octanol–water partition coefficient (Wildman–Crippen LogP) is 2.76. The highest BCUT2D eigenvalue weighted by molar-refractivity contribution is 7.16. The largest absolute Gasteiger partial charge is 0.333 e. The van der Waals surface area contributed by atoms with E-state index in [4.69, 9.17) is 0 Å². The van der Waals surface area contributed by atoms with Gasteiger partial charge in [0.25, 0.3) is 5.91 Å². The van der Waals surface area contributed by atoms with Gasteiger partial charge in [0.15, 0.2) is 0 Å². The summed E-state index contributed by atoms with van der Waals surface area (Å²) in [4.78, 5) is 19.5. The first kappa shape index (κ1) is 13.8. The van der Waals surface area contributed by atoms with Crippen LogP contribution in [0, 0.1) is 6.92 Å². The number of imidazole rings is 1. The molecular formula is C15H16N4OS. The number of fused-ring (bicyclic) bond motifs is 1. The Kier molecular flexibility index (Phi) is 3.70. The molecule has 0 aliphatic rings. The topological polar surface area (TPSA) is 50.5 Å². The zero-order valence-electron chi connectivity index (χ0n) is 12.0. The summed E-state index contributed by atoms with van der Waals surface area (Å²) in [5.74, 6) is -0.0586. The normalized spacial score (nSPS) is 11.0. The number of carbonyl (C=O) groups excluding carboxylic acids is 1. The van der Waals surface area contributed by atoms with Crippen molar-refractivity contribution in [3.05, 3.63) is 52.8 Å². The van der Waals surface area contributed by atoms with Gasteiger partial charge in [0, 0.05) is 13.1 Å². The van der Waals surface area contributed by atoms with E-state index in [0.717, 1.165) is 15.5 Å². The number of rotatable bonds is 4. The molecule has 2 heterocycles. The number of nitrogens with zero attached hydrogens (tertiary/aromatic N) is 4. The van der Waals surface area contributed by atoms with Crippen molar-refractivity contribution in [3.63, 3.8) is 0 Å². The first-order valence-corrected chi connectivity index (χ1v) is 7.65. The van der Waals surface area contributed by atoms with Gasteiger partial charge in [0.05, 0.1) is 6.20 Å². The Morgan fingerprint density at radius 2 is 2.10 bits per heavy atom. The smallest absolute Gasteiger partial charge is 0.274 e. The Balaban J connectivity index is 1.82. The molecule has 0 saturated carbocycles. The van der Waals surface area contributed by atoms with Crippen molar-refractivity contribution in [2.45, 2.75) is 20.4 Å². The average Bonchev–Trinajstić information content (AvgIpc) is 3.02. The van der Waals surface area contributed by atoms with Crippen LogP contribution in [0.2, 0.25) is 0 Å². The summed E-state index contributed by atoms with van der Waals surface area (Å²) in [6.45, 7) is 5.13. The summed E-state index contributed by atoms with van der Waals surface area (Å²) in [6.07, 6.45) is 1.70. The highest BCUT2D eigenvalue weighted by Gasteiger charge is 2.19. The quantitative estimate of drug-likeness (QED) is 0.744. The zero-order valence-corrected chi connectivity index (χ0v) is 12.8. The van der Waals surface area contributed by atoms with E-state index in [0.29, 0.717) is 18.8 Å². The number of hydrogen-bond acceptors (Lipinski definition) is 4. The summed E-state index contributed by atoms with van der Waals surface area (Å²) in [7, 11) is 0. The second-order valence-corrected chi connectivity index (χ2v) is 5.94. The van der Waals surface area contributed by atoms with E-state index in [9.17, 15) is 4.79 Å². The summed E-state index contributed by atoms with van der Waals surface area (Å²) >= 11 is 1.48. The SMILES string of the molecule is CCN(Cc1ccccc1)C(=O)c1cn2nc(C)sc2n1. The molecule has 0 radical (unpaired) electrons. The van der Waals surface area contributed by atoms with Gasteiger partial charge in [-0.2, -0.15) is 5.10 Å². The first-order valence-electron chi connectivity index (χ1n) is 6.83. The zero-order chi connectivity index (χ0) is 14.8. The molecule has 0 aliphatic carbocycles. The highest BCUT2D eigenvalue weighted by Crippen LogP contribution is 2.15. The lowest BCUT2D eigenvalue weighted by atomic mass is 10.2. The maximum Gasteiger partial charge on any atom is 0.274 e. The van der Waals surface area contributed by atoms with E-state index in [-0.39, 0.29) is 5.91 Å². The van der Waals surface area contributed by atoms with Crippen molar-refractivity contribution in [2.24, 2.45) is 0 Å². The van der Waals surface area contributed by atoms with Gasteiger partial charge in [-0.25, -0.2) is 9.50 Å². The molecule has 0 bridgehead atoms. The molecule has 6 heteroatoms. The van der Waals surface area contributed by atoms with E-state index < -0.39 is 0 Å². The lowest BCUT2D eigenvalue weighted by Gasteiger charge is -2.19. The van der Waals surface area contributed by atoms with Crippen molar-refractivity contribution in [3.8, 4) is 0 Å². The van der Waals surface area contributed by atoms with Gasteiger partial charge in [-0.3, -0.25) is 4.79 Å². The minimum absolute atomic E-state index is 0.0586. The number of amides is 1. The number of aryl methyl sites for hydroxylation is 1. The minimum atomic E-state index is -0.0586. The van der Waals surface area contributed by atoms with E-state index >= 15 is 0 Å². The van der Waals surface area contributed by atoms with Crippen LogP contribution in [0.5, 0.6) is 0 Å². The van der Waals surface area contributed by atoms with Crippen molar-refractivity contribution >= 4 is 22.2 Å². The summed E-state index contributed by atoms with van der Waals surface area (Å²) in [5, 5.41) is 5.23. The fraction of sp³-hybridized carbons (Fsp3) is 0.267. The van der Waals surface area contributed by atoms with Gasteiger partial charge in [0.1, 0.15) is 10.7 Å². The molecule has 0 fully saturated rings. The molecule has 0 aliphatic heterocycles. The Hall–Kier alpha value is -2.21.